The first kappa shape index (κ1) is 16.0. The van der Waals surface area contributed by atoms with E-state index in [-0.39, 0.29) is 24.8 Å². The van der Waals surface area contributed by atoms with E-state index in [0.29, 0.717) is 37.8 Å². The Hall–Kier alpha value is -2.38. The molecule has 0 saturated carbocycles. The van der Waals surface area contributed by atoms with Gasteiger partial charge in [0, 0.05) is 52.1 Å². The normalized spacial score (nSPS) is 14.8. The smallest absolute Gasteiger partial charge is 0.225 e. The van der Waals surface area contributed by atoms with E-state index in [1.54, 1.807) is 22.8 Å². The molecule has 0 bridgehead atoms. The first-order chi connectivity index (χ1) is 10.5. The molecule has 0 aliphatic carbocycles. The molecule has 1 aromatic rings. The Bertz CT molecular complexity index is 549. The maximum Gasteiger partial charge on any atom is 0.225 e. The summed E-state index contributed by atoms with van der Waals surface area (Å²) in [7, 11) is 0. The molecule has 0 spiro atoms. The quantitative estimate of drug-likeness (QED) is 0.716. The van der Waals surface area contributed by atoms with Gasteiger partial charge in [0.15, 0.2) is 5.82 Å². The van der Waals surface area contributed by atoms with Gasteiger partial charge in [-0.05, 0) is 6.92 Å². The number of aromatic nitrogens is 1. The lowest BCUT2D eigenvalue weighted by Crippen LogP contribution is -2.48. The summed E-state index contributed by atoms with van der Waals surface area (Å²) in [6.45, 7) is 5.58. The van der Waals surface area contributed by atoms with Gasteiger partial charge in [-0.15, -0.1) is 0 Å². The molecular weight excluding hydrogens is 288 g/mol. The Kier molecular flexibility index (Phi) is 5.13. The third kappa shape index (κ3) is 3.84. The van der Waals surface area contributed by atoms with Crippen LogP contribution in [0.3, 0.4) is 0 Å². The third-order valence-electron chi connectivity index (χ3n) is 3.64. The van der Waals surface area contributed by atoms with Gasteiger partial charge in [-0.25, -0.2) is 0 Å². The highest BCUT2D eigenvalue weighted by atomic mass is 16.5. The number of carbonyl (C=O) groups excluding carboxylic acids is 3. The van der Waals surface area contributed by atoms with Gasteiger partial charge in [0.05, 0.1) is 0 Å². The minimum atomic E-state index is -0.188. The first-order valence-corrected chi connectivity index (χ1v) is 7.20. The van der Waals surface area contributed by atoms with Crippen molar-refractivity contribution in [2.75, 3.05) is 37.6 Å². The van der Waals surface area contributed by atoms with Crippen molar-refractivity contribution in [1.82, 2.24) is 15.0 Å². The fourth-order valence-corrected chi connectivity index (χ4v) is 2.36. The second-order valence-corrected chi connectivity index (χ2v) is 5.24. The average molecular weight is 308 g/mol. The van der Waals surface area contributed by atoms with E-state index in [4.69, 9.17) is 4.52 Å². The van der Waals surface area contributed by atoms with Gasteiger partial charge >= 0.3 is 0 Å². The predicted molar refractivity (Wildman–Crippen MR) is 78.1 cm³/mol. The van der Waals surface area contributed by atoms with E-state index < -0.39 is 0 Å². The summed E-state index contributed by atoms with van der Waals surface area (Å²) in [5.41, 5.74) is 0. The molecule has 2 rings (SSSR count). The predicted octanol–water partition coefficient (Wildman–Crippen LogP) is 0.0266. The molecule has 1 aliphatic rings. The van der Waals surface area contributed by atoms with Crippen molar-refractivity contribution in [2.24, 2.45) is 0 Å². The zero-order valence-electron chi connectivity index (χ0n) is 12.8. The van der Waals surface area contributed by atoms with E-state index in [1.165, 1.54) is 11.8 Å². The molecule has 0 radical (unpaired) electrons. The van der Waals surface area contributed by atoms with Crippen molar-refractivity contribution in [1.29, 1.82) is 0 Å². The van der Waals surface area contributed by atoms with Gasteiger partial charge in [-0.3, -0.25) is 19.3 Å². The van der Waals surface area contributed by atoms with E-state index >= 15 is 0 Å². The lowest BCUT2D eigenvalue weighted by molar-refractivity contribution is -0.135. The molecule has 0 aromatic carbocycles. The molecule has 8 nitrogen and oxygen atoms in total. The Morgan fingerprint density at radius 3 is 2.55 bits per heavy atom. The Morgan fingerprint density at radius 1 is 1.36 bits per heavy atom. The molecule has 1 saturated heterocycles. The van der Waals surface area contributed by atoms with Crippen molar-refractivity contribution in [2.45, 2.75) is 20.3 Å². The van der Waals surface area contributed by atoms with Crippen LogP contribution in [0.25, 0.3) is 0 Å². The third-order valence-corrected chi connectivity index (χ3v) is 3.64. The van der Waals surface area contributed by atoms with E-state index in [1.807, 2.05) is 0 Å². The topological polar surface area (TPSA) is 87.0 Å². The second kappa shape index (κ2) is 7.06. The van der Waals surface area contributed by atoms with Gasteiger partial charge in [-0.1, -0.05) is 5.16 Å². The van der Waals surface area contributed by atoms with E-state index in [0.717, 1.165) is 6.41 Å². The highest BCUT2D eigenvalue weighted by Crippen LogP contribution is 2.15. The van der Waals surface area contributed by atoms with Gasteiger partial charge in [0.2, 0.25) is 18.2 Å². The molecule has 22 heavy (non-hydrogen) atoms. The number of hydrogen-bond acceptors (Lipinski definition) is 5. The molecule has 0 atom stereocenters. The van der Waals surface area contributed by atoms with Crippen LogP contribution in [0.5, 0.6) is 0 Å². The number of amides is 3. The fraction of sp³-hybridized carbons (Fsp3) is 0.571. The summed E-state index contributed by atoms with van der Waals surface area (Å²) in [5.74, 6) is 0.810. The van der Waals surface area contributed by atoms with Crippen LogP contribution in [-0.4, -0.2) is 65.9 Å². The summed E-state index contributed by atoms with van der Waals surface area (Å²) in [6, 6.07) is 1.66. The summed E-state index contributed by atoms with van der Waals surface area (Å²) >= 11 is 0. The maximum atomic E-state index is 12.2. The Balaban J connectivity index is 1.88. The van der Waals surface area contributed by atoms with Crippen LogP contribution >= 0.6 is 0 Å². The number of aryl methyl sites for hydroxylation is 1. The molecular formula is C14H20N4O4. The largest absolute Gasteiger partial charge is 0.360 e. The molecule has 120 valence electrons. The zero-order valence-corrected chi connectivity index (χ0v) is 12.8. The minimum absolute atomic E-state index is 0.0305. The highest BCUT2D eigenvalue weighted by molar-refractivity contribution is 5.91. The number of hydrogen-bond donors (Lipinski definition) is 0. The van der Waals surface area contributed by atoms with Gasteiger partial charge in [-0.2, -0.15) is 0 Å². The van der Waals surface area contributed by atoms with Crippen LogP contribution in [0.1, 0.15) is 19.1 Å². The summed E-state index contributed by atoms with van der Waals surface area (Å²) in [5, 5.41) is 3.81. The molecule has 0 N–H and O–H groups in total. The zero-order chi connectivity index (χ0) is 16.1. The highest BCUT2D eigenvalue weighted by Gasteiger charge is 2.22. The van der Waals surface area contributed by atoms with E-state index in [2.05, 4.69) is 5.16 Å². The maximum absolute atomic E-state index is 12.2. The molecule has 3 amide bonds. The van der Waals surface area contributed by atoms with Crippen molar-refractivity contribution in [3.63, 3.8) is 0 Å². The van der Waals surface area contributed by atoms with Crippen molar-refractivity contribution >= 4 is 24.0 Å². The number of piperazine rings is 1. The van der Waals surface area contributed by atoms with Crippen molar-refractivity contribution in [3.8, 4) is 0 Å². The fourth-order valence-electron chi connectivity index (χ4n) is 2.36. The van der Waals surface area contributed by atoms with Crippen molar-refractivity contribution < 1.29 is 18.9 Å². The van der Waals surface area contributed by atoms with Crippen LogP contribution in [0, 0.1) is 6.92 Å². The lowest BCUT2D eigenvalue weighted by atomic mass is 10.2. The molecule has 1 fully saturated rings. The van der Waals surface area contributed by atoms with Crippen molar-refractivity contribution in [3.05, 3.63) is 11.8 Å². The van der Waals surface area contributed by atoms with Gasteiger partial charge < -0.3 is 14.3 Å². The molecule has 1 aliphatic heterocycles. The first-order valence-electron chi connectivity index (χ1n) is 7.20. The van der Waals surface area contributed by atoms with Gasteiger partial charge in [0.25, 0.3) is 0 Å². The number of anilines is 1. The summed E-state index contributed by atoms with van der Waals surface area (Å²) in [4.78, 5) is 39.3. The SMILES string of the molecule is CC(=O)N(CCC(=O)N1CCN(C=O)CC1)c1cc(C)on1. The van der Waals surface area contributed by atoms with Gasteiger partial charge in [0.1, 0.15) is 5.76 Å². The lowest BCUT2D eigenvalue weighted by Gasteiger charge is -2.33. The Labute approximate surface area is 128 Å². The average Bonchev–Trinajstić information content (AvgIpc) is 2.93. The van der Waals surface area contributed by atoms with Crippen LogP contribution in [0.15, 0.2) is 10.6 Å². The van der Waals surface area contributed by atoms with Crippen LogP contribution in [-0.2, 0) is 14.4 Å². The number of carbonyl (C=O) groups is 3. The van der Waals surface area contributed by atoms with E-state index in [9.17, 15) is 14.4 Å². The monoisotopic (exact) mass is 308 g/mol. The number of nitrogens with zero attached hydrogens (tertiary/aromatic N) is 4. The summed E-state index contributed by atoms with van der Waals surface area (Å²) in [6.07, 6.45) is 1.01. The molecule has 8 heteroatoms. The van der Waals surface area contributed by atoms with Crippen LogP contribution < -0.4 is 4.90 Å². The molecule has 1 aromatic heterocycles. The molecule has 0 unspecified atom stereocenters. The standard InChI is InChI=1S/C14H20N4O4/c1-11-9-13(15-22-11)18(12(2)20)4-3-14(21)17-7-5-16(10-19)6-8-17/h9-10H,3-8H2,1-2H3. The summed E-state index contributed by atoms with van der Waals surface area (Å²) < 4.78 is 4.97. The number of rotatable bonds is 5. The second-order valence-electron chi connectivity index (χ2n) is 5.24. The van der Waals surface area contributed by atoms with Crippen LogP contribution in [0.2, 0.25) is 0 Å². The molecule has 2 heterocycles. The minimum Gasteiger partial charge on any atom is -0.360 e. The van der Waals surface area contributed by atoms with Crippen LogP contribution in [0.4, 0.5) is 5.82 Å². The Morgan fingerprint density at radius 2 is 2.05 bits per heavy atom.